The van der Waals surface area contributed by atoms with Crippen molar-refractivity contribution in [2.24, 2.45) is 0 Å². The van der Waals surface area contributed by atoms with Gasteiger partial charge in [0, 0.05) is 9.79 Å². The van der Waals surface area contributed by atoms with Crippen molar-refractivity contribution in [2.75, 3.05) is 10.2 Å². The Kier molecular flexibility index (Phi) is 5.36. The zero-order valence-electron chi connectivity index (χ0n) is 10.2. The van der Waals surface area contributed by atoms with Crippen molar-refractivity contribution in [1.82, 2.24) is 0 Å². The molecule has 0 amide bonds. The lowest BCUT2D eigenvalue weighted by Gasteiger charge is -2.04. The van der Waals surface area contributed by atoms with Crippen LogP contribution in [0.2, 0.25) is 0 Å². The Balaban J connectivity index is 1.86. The smallest absolute Gasteiger partial charge is 0.169 e. The molecule has 5 heteroatoms. The Morgan fingerprint density at radius 1 is 0.684 bits per heavy atom. The Morgan fingerprint density at radius 2 is 1.05 bits per heavy atom. The molecule has 0 fully saturated rings. The van der Waals surface area contributed by atoms with Crippen LogP contribution in [0.5, 0.6) is 0 Å². The standard InChI is InChI=1S/C14H14O2S3/c15-19(16,11-17-13-7-3-1-4-8-13)12-18-14-9-5-2-6-10-14/h1-10H,11-12H2. The maximum atomic E-state index is 11.9. The highest BCUT2D eigenvalue weighted by atomic mass is 32.3. The lowest BCUT2D eigenvalue weighted by atomic mass is 10.4. The molecule has 0 spiro atoms. The number of benzene rings is 2. The molecule has 0 heterocycles. The normalized spacial score (nSPS) is 11.4. The van der Waals surface area contributed by atoms with Crippen LogP contribution in [-0.4, -0.2) is 18.6 Å². The van der Waals surface area contributed by atoms with E-state index in [1.807, 2.05) is 60.7 Å². The molecule has 2 aromatic carbocycles. The number of sulfone groups is 1. The molecule has 0 radical (unpaired) electrons. The van der Waals surface area contributed by atoms with Crippen molar-refractivity contribution in [3.8, 4) is 0 Å². The van der Waals surface area contributed by atoms with Crippen molar-refractivity contribution in [1.29, 1.82) is 0 Å². The van der Waals surface area contributed by atoms with Crippen molar-refractivity contribution >= 4 is 33.4 Å². The van der Waals surface area contributed by atoms with Crippen LogP contribution in [0.4, 0.5) is 0 Å². The van der Waals surface area contributed by atoms with Gasteiger partial charge in [0.25, 0.3) is 0 Å². The predicted octanol–water partition coefficient (Wildman–Crippen LogP) is 3.90. The first kappa shape index (κ1) is 14.5. The molecule has 100 valence electrons. The average molecular weight is 310 g/mol. The minimum Gasteiger partial charge on any atom is -0.227 e. The summed E-state index contributed by atoms with van der Waals surface area (Å²) in [5.74, 6) is 0. The van der Waals surface area contributed by atoms with Gasteiger partial charge in [0.15, 0.2) is 9.84 Å². The molecule has 0 unspecified atom stereocenters. The van der Waals surface area contributed by atoms with Crippen LogP contribution in [0.15, 0.2) is 70.5 Å². The molecule has 0 aromatic heterocycles. The van der Waals surface area contributed by atoms with E-state index < -0.39 is 9.84 Å². The largest absolute Gasteiger partial charge is 0.227 e. The third kappa shape index (κ3) is 5.30. The molecule has 2 nitrogen and oxygen atoms in total. The van der Waals surface area contributed by atoms with Gasteiger partial charge in [-0.25, -0.2) is 8.42 Å². The molecule has 19 heavy (non-hydrogen) atoms. The summed E-state index contributed by atoms with van der Waals surface area (Å²) in [4.78, 5) is 1.96. The van der Waals surface area contributed by atoms with E-state index in [1.54, 1.807) is 0 Å². The summed E-state index contributed by atoms with van der Waals surface area (Å²) in [6.07, 6.45) is 0. The minimum absolute atomic E-state index is 0.122. The number of rotatable bonds is 6. The molecule has 0 saturated heterocycles. The Labute approximate surface area is 122 Å². The van der Waals surface area contributed by atoms with Gasteiger partial charge in [-0.3, -0.25) is 0 Å². The van der Waals surface area contributed by atoms with Gasteiger partial charge in [0.2, 0.25) is 0 Å². The molecule has 0 aliphatic carbocycles. The fraction of sp³-hybridized carbons (Fsp3) is 0.143. The first-order valence-corrected chi connectivity index (χ1v) is 9.51. The van der Waals surface area contributed by atoms with Gasteiger partial charge in [-0.05, 0) is 24.3 Å². The van der Waals surface area contributed by atoms with E-state index in [0.717, 1.165) is 9.79 Å². The highest BCUT2D eigenvalue weighted by Crippen LogP contribution is 2.24. The molecule has 0 saturated carbocycles. The SMILES string of the molecule is O=S(=O)(CSc1ccccc1)CSc1ccccc1. The third-order valence-electron chi connectivity index (χ3n) is 2.30. The summed E-state index contributed by atoms with van der Waals surface area (Å²) in [6, 6.07) is 19.2. The number of thioether (sulfide) groups is 2. The summed E-state index contributed by atoms with van der Waals surface area (Å²) in [6.45, 7) is 0. The quantitative estimate of drug-likeness (QED) is 0.758. The maximum absolute atomic E-state index is 11.9. The summed E-state index contributed by atoms with van der Waals surface area (Å²) in [5, 5.41) is 0.244. The van der Waals surface area contributed by atoms with Crippen LogP contribution in [0.3, 0.4) is 0 Å². The number of hydrogen-bond donors (Lipinski definition) is 0. The molecule has 0 aliphatic heterocycles. The molecule has 2 aromatic rings. The molecular formula is C14H14O2S3. The van der Waals surface area contributed by atoms with Crippen LogP contribution in [0, 0.1) is 0 Å². The third-order valence-corrected chi connectivity index (χ3v) is 7.32. The molecule has 0 N–H and O–H groups in total. The minimum atomic E-state index is -3.05. The second-order valence-corrected chi connectivity index (χ2v) is 8.79. The molecule has 0 aliphatic rings. The zero-order chi connectivity index (χ0) is 13.6. The van der Waals surface area contributed by atoms with Gasteiger partial charge in [-0.15, -0.1) is 23.5 Å². The maximum Gasteiger partial charge on any atom is 0.169 e. The van der Waals surface area contributed by atoms with Gasteiger partial charge in [-0.1, -0.05) is 36.4 Å². The summed E-state index contributed by atoms with van der Waals surface area (Å²) < 4.78 is 23.9. The van der Waals surface area contributed by atoms with E-state index in [2.05, 4.69) is 0 Å². The fourth-order valence-electron chi connectivity index (χ4n) is 1.38. The van der Waals surface area contributed by atoms with Crippen LogP contribution < -0.4 is 0 Å². The van der Waals surface area contributed by atoms with E-state index in [1.165, 1.54) is 23.5 Å². The summed E-state index contributed by atoms with van der Waals surface area (Å²) in [7, 11) is -3.05. The van der Waals surface area contributed by atoms with Crippen molar-refractivity contribution in [2.45, 2.75) is 9.79 Å². The van der Waals surface area contributed by atoms with Gasteiger partial charge < -0.3 is 0 Å². The Morgan fingerprint density at radius 3 is 1.42 bits per heavy atom. The molecule has 2 rings (SSSR count). The van der Waals surface area contributed by atoms with Crippen LogP contribution in [-0.2, 0) is 9.84 Å². The predicted molar refractivity (Wildman–Crippen MR) is 83.3 cm³/mol. The topological polar surface area (TPSA) is 34.1 Å². The van der Waals surface area contributed by atoms with Crippen molar-refractivity contribution in [3.63, 3.8) is 0 Å². The van der Waals surface area contributed by atoms with E-state index in [4.69, 9.17) is 0 Å². The second-order valence-electron chi connectivity index (χ2n) is 3.89. The Bertz CT molecular complexity index is 546. The first-order chi connectivity index (χ1) is 9.16. The van der Waals surface area contributed by atoms with Crippen LogP contribution in [0.25, 0.3) is 0 Å². The van der Waals surface area contributed by atoms with Crippen molar-refractivity contribution in [3.05, 3.63) is 60.7 Å². The van der Waals surface area contributed by atoms with Gasteiger partial charge in [-0.2, -0.15) is 0 Å². The summed E-state index contributed by atoms with van der Waals surface area (Å²) in [5.41, 5.74) is 0. The van der Waals surface area contributed by atoms with Crippen molar-refractivity contribution < 1.29 is 8.42 Å². The summed E-state index contributed by atoms with van der Waals surface area (Å²) >= 11 is 2.72. The molecule has 0 atom stereocenters. The van der Waals surface area contributed by atoms with E-state index in [0.29, 0.717) is 0 Å². The van der Waals surface area contributed by atoms with Gasteiger partial charge in [0.1, 0.15) is 10.2 Å². The average Bonchev–Trinajstić information content (AvgIpc) is 2.46. The van der Waals surface area contributed by atoms with E-state index in [-0.39, 0.29) is 10.2 Å². The highest BCUT2D eigenvalue weighted by Gasteiger charge is 2.12. The second kappa shape index (κ2) is 7.03. The fourth-order valence-corrected chi connectivity index (χ4v) is 5.49. The molecule has 0 bridgehead atoms. The Hall–Kier alpha value is -0.910. The van der Waals surface area contributed by atoms with E-state index >= 15 is 0 Å². The van der Waals surface area contributed by atoms with Gasteiger partial charge in [0.05, 0.1) is 0 Å². The van der Waals surface area contributed by atoms with Crippen LogP contribution in [0.1, 0.15) is 0 Å². The van der Waals surface area contributed by atoms with Crippen LogP contribution >= 0.6 is 23.5 Å². The lowest BCUT2D eigenvalue weighted by molar-refractivity contribution is 0.605. The zero-order valence-corrected chi connectivity index (χ0v) is 12.7. The van der Waals surface area contributed by atoms with Gasteiger partial charge >= 0.3 is 0 Å². The monoisotopic (exact) mass is 310 g/mol. The first-order valence-electron chi connectivity index (χ1n) is 5.72. The number of hydrogen-bond acceptors (Lipinski definition) is 4. The lowest BCUT2D eigenvalue weighted by Crippen LogP contribution is -2.05. The molecular weight excluding hydrogens is 296 g/mol. The van der Waals surface area contributed by atoms with E-state index in [9.17, 15) is 8.42 Å². The highest BCUT2D eigenvalue weighted by molar-refractivity contribution is 8.19.